The number of hydrogen-bond acceptors (Lipinski definition) is 3. The second-order valence-electron chi connectivity index (χ2n) is 4.83. The van der Waals surface area contributed by atoms with E-state index < -0.39 is 0 Å². The third-order valence-corrected chi connectivity index (χ3v) is 4.47. The van der Waals surface area contributed by atoms with E-state index >= 15 is 0 Å². The first kappa shape index (κ1) is 10.1. The normalized spacial score (nSPS) is 15.9. The highest BCUT2D eigenvalue weighted by atomic mass is 32.1. The number of nitrogens with zero attached hydrogens (tertiary/aromatic N) is 2. The van der Waals surface area contributed by atoms with Gasteiger partial charge in [-0.1, -0.05) is 13.8 Å². The number of aromatic nitrogens is 2. The molecular formula is C12H17N3S. The van der Waals surface area contributed by atoms with Gasteiger partial charge in [0.1, 0.15) is 5.82 Å². The number of aryl methyl sites for hydroxylation is 2. The van der Waals surface area contributed by atoms with Crippen LogP contribution < -0.4 is 5.73 Å². The Morgan fingerprint density at radius 1 is 1.31 bits per heavy atom. The molecule has 0 spiro atoms. The summed E-state index contributed by atoms with van der Waals surface area (Å²) >= 11 is 1.82. The van der Waals surface area contributed by atoms with Crippen molar-refractivity contribution in [3.8, 4) is 0 Å². The van der Waals surface area contributed by atoms with E-state index in [2.05, 4.69) is 23.2 Å². The third kappa shape index (κ3) is 1.29. The average Bonchev–Trinajstić information content (AvgIpc) is 2.75. The van der Waals surface area contributed by atoms with Crippen molar-refractivity contribution in [3.05, 3.63) is 16.3 Å². The summed E-state index contributed by atoms with van der Waals surface area (Å²) in [7, 11) is 0. The summed E-state index contributed by atoms with van der Waals surface area (Å²) in [5.41, 5.74) is 8.69. The van der Waals surface area contributed by atoms with Crippen molar-refractivity contribution in [1.29, 1.82) is 0 Å². The molecule has 0 fully saturated rings. The van der Waals surface area contributed by atoms with Crippen molar-refractivity contribution in [2.24, 2.45) is 0 Å². The molecule has 0 bridgehead atoms. The summed E-state index contributed by atoms with van der Waals surface area (Å²) < 4.78 is 2.19. The van der Waals surface area contributed by atoms with Crippen LogP contribution in [-0.4, -0.2) is 9.38 Å². The van der Waals surface area contributed by atoms with Gasteiger partial charge in [-0.05, 0) is 31.6 Å². The van der Waals surface area contributed by atoms with Gasteiger partial charge in [-0.25, -0.2) is 4.98 Å². The van der Waals surface area contributed by atoms with Crippen LogP contribution in [0.3, 0.4) is 0 Å². The molecule has 2 aromatic rings. The molecule has 2 N–H and O–H groups in total. The van der Waals surface area contributed by atoms with E-state index in [9.17, 15) is 0 Å². The van der Waals surface area contributed by atoms with E-state index in [0.717, 1.165) is 22.9 Å². The van der Waals surface area contributed by atoms with Crippen molar-refractivity contribution in [2.45, 2.75) is 45.4 Å². The molecule has 0 aromatic carbocycles. The SMILES string of the molecule is CC(C)c1nc2sc3c(n2c1N)CCCC3. The van der Waals surface area contributed by atoms with E-state index in [4.69, 9.17) is 5.73 Å². The Morgan fingerprint density at radius 2 is 2.06 bits per heavy atom. The van der Waals surface area contributed by atoms with Gasteiger partial charge >= 0.3 is 0 Å². The van der Waals surface area contributed by atoms with Gasteiger partial charge in [0.15, 0.2) is 4.96 Å². The van der Waals surface area contributed by atoms with Crippen LogP contribution in [0.15, 0.2) is 0 Å². The molecule has 0 unspecified atom stereocenters. The molecule has 3 nitrogen and oxygen atoms in total. The van der Waals surface area contributed by atoms with Crippen LogP contribution in [0.5, 0.6) is 0 Å². The second-order valence-corrected chi connectivity index (χ2v) is 5.90. The fourth-order valence-corrected chi connectivity index (χ4v) is 3.72. The summed E-state index contributed by atoms with van der Waals surface area (Å²) in [6.07, 6.45) is 4.97. The Kier molecular flexibility index (Phi) is 2.21. The molecule has 0 saturated heterocycles. The highest BCUT2D eigenvalue weighted by Crippen LogP contribution is 2.34. The highest BCUT2D eigenvalue weighted by molar-refractivity contribution is 7.17. The lowest BCUT2D eigenvalue weighted by Gasteiger charge is -2.11. The largest absolute Gasteiger partial charge is 0.383 e. The van der Waals surface area contributed by atoms with Gasteiger partial charge < -0.3 is 5.73 Å². The Hall–Kier alpha value is -1.03. The molecule has 86 valence electrons. The van der Waals surface area contributed by atoms with Gasteiger partial charge in [-0.2, -0.15) is 0 Å². The molecule has 2 aromatic heterocycles. The summed E-state index contributed by atoms with van der Waals surface area (Å²) in [5.74, 6) is 1.27. The number of nitrogen functional groups attached to an aromatic ring is 1. The van der Waals surface area contributed by atoms with Crippen molar-refractivity contribution in [2.75, 3.05) is 5.73 Å². The van der Waals surface area contributed by atoms with E-state index in [-0.39, 0.29) is 0 Å². The lowest BCUT2D eigenvalue weighted by atomic mass is 10.0. The highest BCUT2D eigenvalue weighted by Gasteiger charge is 2.21. The second kappa shape index (κ2) is 3.48. The molecule has 0 aliphatic heterocycles. The van der Waals surface area contributed by atoms with Gasteiger partial charge in [-0.15, -0.1) is 11.3 Å². The van der Waals surface area contributed by atoms with Crippen molar-refractivity contribution >= 4 is 22.1 Å². The van der Waals surface area contributed by atoms with Gasteiger partial charge in [0, 0.05) is 10.6 Å². The third-order valence-electron chi connectivity index (χ3n) is 3.33. The molecule has 2 heterocycles. The monoisotopic (exact) mass is 235 g/mol. The van der Waals surface area contributed by atoms with Gasteiger partial charge in [0.05, 0.1) is 5.69 Å². The summed E-state index contributed by atoms with van der Waals surface area (Å²) in [6, 6.07) is 0. The standard InChI is InChI=1S/C12H17N3S/c1-7(2)10-11(13)15-8-5-3-4-6-9(8)16-12(15)14-10/h7H,3-6,13H2,1-2H3. The molecule has 1 aliphatic carbocycles. The lowest BCUT2D eigenvalue weighted by Crippen LogP contribution is -2.05. The van der Waals surface area contributed by atoms with Crippen LogP contribution in [-0.2, 0) is 12.8 Å². The zero-order valence-electron chi connectivity index (χ0n) is 9.79. The predicted octanol–water partition coefficient (Wildman–Crippen LogP) is 2.98. The maximum absolute atomic E-state index is 6.22. The minimum Gasteiger partial charge on any atom is -0.383 e. The van der Waals surface area contributed by atoms with Crippen molar-refractivity contribution < 1.29 is 0 Å². The van der Waals surface area contributed by atoms with Gasteiger partial charge in [0.2, 0.25) is 0 Å². The Labute approximate surface area is 99.3 Å². The van der Waals surface area contributed by atoms with E-state index in [1.807, 2.05) is 11.3 Å². The smallest absolute Gasteiger partial charge is 0.196 e. The number of anilines is 1. The maximum atomic E-state index is 6.22. The van der Waals surface area contributed by atoms with Crippen LogP contribution in [0.2, 0.25) is 0 Å². The molecule has 1 aliphatic rings. The van der Waals surface area contributed by atoms with Crippen LogP contribution in [0.1, 0.15) is 48.9 Å². The maximum Gasteiger partial charge on any atom is 0.196 e. The van der Waals surface area contributed by atoms with Crippen LogP contribution >= 0.6 is 11.3 Å². The first-order valence-corrected chi connectivity index (χ1v) is 6.78. The number of fused-ring (bicyclic) bond motifs is 3. The minimum atomic E-state index is 0.409. The zero-order chi connectivity index (χ0) is 11.3. The van der Waals surface area contributed by atoms with Crippen LogP contribution in [0, 0.1) is 0 Å². The molecule has 3 rings (SSSR count). The number of imidazole rings is 1. The molecule has 16 heavy (non-hydrogen) atoms. The zero-order valence-corrected chi connectivity index (χ0v) is 10.6. The van der Waals surface area contributed by atoms with E-state index in [1.54, 1.807) is 0 Å². The van der Waals surface area contributed by atoms with E-state index in [1.165, 1.54) is 29.8 Å². The molecule has 0 atom stereocenters. The van der Waals surface area contributed by atoms with E-state index in [0.29, 0.717) is 5.92 Å². The first-order chi connectivity index (χ1) is 7.68. The lowest BCUT2D eigenvalue weighted by molar-refractivity contribution is 0.675. The van der Waals surface area contributed by atoms with Gasteiger partial charge in [-0.3, -0.25) is 4.40 Å². The average molecular weight is 235 g/mol. The Morgan fingerprint density at radius 3 is 2.81 bits per heavy atom. The van der Waals surface area contributed by atoms with Crippen LogP contribution in [0.25, 0.3) is 4.96 Å². The molecule has 0 saturated carbocycles. The number of hydrogen-bond donors (Lipinski definition) is 1. The fraction of sp³-hybridized carbons (Fsp3) is 0.583. The van der Waals surface area contributed by atoms with Gasteiger partial charge in [0.25, 0.3) is 0 Å². The molecule has 4 heteroatoms. The number of nitrogens with two attached hydrogens (primary N) is 1. The summed E-state index contributed by atoms with van der Waals surface area (Å²) in [5, 5.41) is 0. The minimum absolute atomic E-state index is 0.409. The fourth-order valence-electron chi connectivity index (χ4n) is 2.50. The predicted molar refractivity (Wildman–Crippen MR) is 68.2 cm³/mol. The Bertz CT molecular complexity index is 536. The summed E-state index contributed by atoms with van der Waals surface area (Å²) in [6.45, 7) is 4.30. The van der Waals surface area contributed by atoms with Crippen molar-refractivity contribution in [1.82, 2.24) is 9.38 Å². The topological polar surface area (TPSA) is 43.3 Å². The number of thiazole rings is 1. The first-order valence-electron chi connectivity index (χ1n) is 5.97. The molecular weight excluding hydrogens is 218 g/mol. The Balaban J connectivity index is 2.26. The van der Waals surface area contributed by atoms with Crippen LogP contribution in [0.4, 0.5) is 5.82 Å². The molecule has 0 amide bonds. The summed E-state index contributed by atoms with van der Waals surface area (Å²) in [4.78, 5) is 7.26. The van der Waals surface area contributed by atoms with Crippen molar-refractivity contribution in [3.63, 3.8) is 0 Å². The number of rotatable bonds is 1. The molecule has 0 radical (unpaired) electrons. The quantitative estimate of drug-likeness (QED) is 0.825.